The predicted octanol–water partition coefficient (Wildman–Crippen LogP) is 3.23. The van der Waals surface area contributed by atoms with Gasteiger partial charge in [-0.25, -0.2) is 0 Å². The third kappa shape index (κ3) is 2.53. The van der Waals surface area contributed by atoms with E-state index in [1.165, 1.54) is 10.4 Å². The van der Waals surface area contributed by atoms with Crippen molar-refractivity contribution in [1.29, 1.82) is 0 Å². The summed E-state index contributed by atoms with van der Waals surface area (Å²) in [6.07, 6.45) is 1.77. The first-order valence-corrected chi connectivity index (χ1v) is 8.03. The largest absolute Gasteiger partial charge is 0.319 e. The summed E-state index contributed by atoms with van der Waals surface area (Å²) in [5, 5.41) is 2.24. The van der Waals surface area contributed by atoms with Gasteiger partial charge in [0.25, 0.3) is 0 Å². The summed E-state index contributed by atoms with van der Waals surface area (Å²) in [5.41, 5.74) is 2.21. The van der Waals surface area contributed by atoms with Crippen molar-refractivity contribution < 1.29 is 4.79 Å². The molecule has 2 aromatic rings. The number of carbonyl (C=O) groups is 1. The Morgan fingerprint density at radius 2 is 2.32 bits per heavy atom. The molecule has 19 heavy (non-hydrogen) atoms. The highest BCUT2D eigenvalue weighted by Crippen LogP contribution is 2.42. The van der Waals surface area contributed by atoms with Crippen molar-refractivity contribution in [3.63, 3.8) is 0 Å². The van der Waals surface area contributed by atoms with Crippen molar-refractivity contribution in [2.24, 2.45) is 0 Å². The predicted molar refractivity (Wildman–Crippen MR) is 79.0 cm³/mol. The molecule has 0 N–H and O–H groups in total. The Hall–Kier alpha value is -1.33. The maximum atomic E-state index is 12.1. The summed E-state index contributed by atoms with van der Waals surface area (Å²) in [4.78, 5) is 19.6. The SMILES string of the molecule is Cc1ccsc1C1SCC(=O)N1Cc1ccccn1. The maximum absolute atomic E-state index is 12.1. The van der Waals surface area contributed by atoms with E-state index in [2.05, 4.69) is 23.4 Å². The lowest BCUT2D eigenvalue weighted by Crippen LogP contribution is -2.27. The normalized spacial score (nSPS) is 19.1. The maximum Gasteiger partial charge on any atom is 0.234 e. The second-order valence-electron chi connectivity index (χ2n) is 4.47. The summed E-state index contributed by atoms with van der Waals surface area (Å²) >= 11 is 3.44. The third-order valence-electron chi connectivity index (χ3n) is 3.15. The molecular weight excluding hydrogens is 276 g/mol. The first-order chi connectivity index (χ1) is 9.25. The molecule has 0 saturated carbocycles. The number of amides is 1. The van der Waals surface area contributed by atoms with Gasteiger partial charge in [0.05, 0.1) is 18.0 Å². The Morgan fingerprint density at radius 1 is 1.42 bits per heavy atom. The number of carbonyl (C=O) groups excluding carboxylic acids is 1. The zero-order valence-electron chi connectivity index (χ0n) is 10.6. The lowest BCUT2D eigenvalue weighted by Gasteiger charge is -2.23. The van der Waals surface area contributed by atoms with Crippen LogP contribution in [0.1, 0.15) is 21.5 Å². The number of rotatable bonds is 3. The van der Waals surface area contributed by atoms with Crippen LogP contribution in [0.4, 0.5) is 0 Å². The molecule has 3 heterocycles. The van der Waals surface area contributed by atoms with Crippen LogP contribution >= 0.6 is 23.1 Å². The number of aryl methyl sites for hydroxylation is 1. The minimum atomic E-state index is 0.148. The van der Waals surface area contributed by atoms with E-state index in [4.69, 9.17) is 0 Å². The molecule has 0 radical (unpaired) electrons. The number of hydrogen-bond donors (Lipinski definition) is 0. The van der Waals surface area contributed by atoms with Crippen LogP contribution in [0.5, 0.6) is 0 Å². The van der Waals surface area contributed by atoms with Crippen LogP contribution in [-0.2, 0) is 11.3 Å². The van der Waals surface area contributed by atoms with Gasteiger partial charge in [0.15, 0.2) is 0 Å². The minimum absolute atomic E-state index is 0.148. The fourth-order valence-electron chi connectivity index (χ4n) is 2.15. The average Bonchev–Trinajstić information content (AvgIpc) is 2.99. The molecule has 2 aromatic heterocycles. The highest BCUT2D eigenvalue weighted by molar-refractivity contribution is 8.00. The molecule has 0 aromatic carbocycles. The van der Waals surface area contributed by atoms with Crippen LogP contribution < -0.4 is 0 Å². The van der Waals surface area contributed by atoms with Gasteiger partial charge in [-0.05, 0) is 36.1 Å². The minimum Gasteiger partial charge on any atom is -0.319 e. The van der Waals surface area contributed by atoms with Gasteiger partial charge >= 0.3 is 0 Å². The monoisotopic (exact) mass is 290 g/mol. The van der Waals surface area contributed by atoms with Gasteiger partial charge in [0.2, 0.25) is 5.91 Å². The van der Waals surface area contributed by atoms with E-state index in [9.17, 15) is 4.79 Å². The van der Waals surface area contributed by atoms with E-state index < -0.39 is 0 Å². The van der Waals surface area contributed by atoms with Crippen molar-refractivity contribution in [3.05, 3.63) is 52.0 Å². The van der Waals surface area contributed by atoms with Crippen LogP contribution in [0.25, 0.3) is 0 Å². The molecule has 1 fully saturated rings. The van der Waals surface area contributed by atoms with E-state index in [0.717, 1.165) is 5.69 Å². The molecule has 0 aliphatic carbocycles. The number of pyridine rings is 1. The molecule has 98 valence electrons. The summed E-state index contributed by atoms with van der Waals surface area (Å²) in [6.45, 7) is 2.70. The van der Waals surface area contributed by atoms with E-state index in [-0.39, 0.29) is 11.3 Å². The molecule has 1 saturated heterocycles. The van der Waals surface area contributed by atoms with E-state index in [0.29, 0.717) is 12.3 Å². The zero-order valence-corrected chi connectivity index (χ0v) is 12.2. The summed E-state index contributed by atoms with van der Waals surface area (Å²) in [7, 11) is 0. The van der Waals surface area contributed by atoms with Crippen LogP contribution in [0.15, 0.2) is 35.8 Å². The van der Waals surface area contributed by atoms with E-state index in [1.807, 2.05) is 23.1 Å². The van der Waals surface area contributed by atoms with E-state index >= 15 is 0 Å². The van der Waals surface area contributed by atoms with Crippen LogP contribution in [-0.4, -0.2) is 21.5 Å². The molecule has 0 bridgehead atoms. The number of thiophene rings is 1. The number of nitrogens with zero attached hydrogens (tertiary/aromatic N) is 2. The lowest BCUT2D eigenvalue weighted by atomic mass is 10.2. The molecule has 5 heteroatoms. The third-order valence-corrected chi connectivity index (χ3v) is 5.59. The Bertz CT molecular complexity index is 582. The van der Waals surface area contributed by atoms with Gasteiger partial charge in [-0.2, -0.15) is 0 Å². The quantitative estimate of drug-likeness (QED) is 0.870. The Kier molecular flexibility index (Phi) is 3.57. The van der Waals surface area contributed by atoms with E-state index in [1.54, 1.807) is 29.3 Å². The lowest BCUT2D eigenvalue weighted by molar-refractivity contribution is -0.128. The van der Waals surface area contributed by atoms with Crippen LogP contribution in [0.3, 0.4) is 0 Å². The van der Waals surface area contributed by atoms with Crippen molar-refractivity contribution >= 4 is 29.0 Å². The molecule has 3 rings (SSSR count). The summed E-state index contributed by atoms with van der Waals surface area (Å²) in [5.74, 6) is 0.767. The fraction of sp³-hybridized carbons (Fsp3) is 0.286. The fourth-order valence-corrected chi connectivity index (χ4v) is 4.61. The molecular formula is C14H14N2OS2. The summed E-state index contributed by atoms with van der Waals surface area (Å²) < 4.78 is 0. The van der Waals surface area contributed by atoms with Gasteiger partial charge < -0.3 is 4.90 Å². The standard InChI is InChI=1S/C14H14N2OS2/c1-10-5-7-18-13(10)14-16(12(17)9-19-14)8-11-4-2-3-6-15-11/h2-7,14H,8-9H2,1H3. The molecule has 1 amide bonds. The van der Waals surface area contributed by atoms with Crippen molar-refractivity contribution in [1.82, 2.24) is 9.88 Å². The van der Waals surface area contributed by atoms with Crippen LogP contribution in [0, 0.1) is 6.92 Å². The Labute approximate surface area is 120 Å². The van der Waals surface area contributed by atoms with Gasteiger partial charge in [-0.1, -0.05) is 6.07 Å². The number of thioether (sulfide) groups is 1. The average molecular weight is 290 g/mol. The topological polar surface area (TPSA) is 33.2 Å². The number of hydrogen-bond acceptors (Lipinski definition) is 4. The van der Waals surface area contributed by atoms with Gasteiger partial charge in [-0.3, -0.25) is 9.78 Å². The van der Waals surface area contributed by atoms with Gasteiger partial charge in [0.1, 0.15) is 5.37 Å². The number of aromatic nitrogens is 1. The van der Waals surface area contributed by atoms with Crippen molar-refractivity contribution in [3.8, 4) is 0 Å². The first kappa shape index (κ1) is 12.7. The molecule has 1 aliphatic rings. The molecule has 3 nitrogen and oxygen atoms in total. The van der Waals surface area contributed by atoms with Crippen molar-refractivity contribution in [2.45, 2.75) is 18.8 Å². The van der Waals surface area contributed by atoms with Gasteiger partial charge in [-0.15, -0.1) is 23.1 Å². The van der Waals surface area contributed by atoms with Crippen molar-refractivity contribution in [2.75, 3.05) is 5.75 Å². The second kappa shape index (κ2) is 5.35. The van der Waals surface area contributed by atoms with Crippen LogP contribution in [0.2, 0.25) is 0 Å². The Morgan fingerprint density at radius 3 is 3.00 bits per heavy atom. The Balaban J connectivity index is 1.85. The molecule has 1 unspecified atom stereocenters. The second-order valence-corrected chi connectivity index (χ2v) is 6.49. The van der Waals surface area contributed by atoms with Gasteiger partial charge in [0, 0.05) is 11.1 Å². The zero-order chi connectivity index (χ0) is 13.2. The summed E-state index contributed by atoms with van der Waals surface area (Å²) in [6, 6.07) is 7.93. The smallest absolute Gasteiger partial charge is 0.234 e. The molecule has 1 aliphatic heterocycles. The highest BCUT2D eigenvalue weighted by atomic mass is 32.2. The highest BCUT2D eigenvalue weighted by Gasteiger charge is 2.34. The molecule has 0 spiro atoms. The first-order valence-electron chi connectivity index (χ1n) is 6.10. The molecule has 1 atom stereocenters.